The second-order valence-electron chi connectivity index (χ2n) is 7.27. The van der Waals surface area contributed by atoms with E-state index in [1.807, 2.05) is 0 Å². The van der Waals surface area contributed by atoms with Crippen LogP contribution in [0.15, 0.2) is 36.4 Å². The third-order valence-electron chi connectivity index (χ3n) is 5.10. The maximum atomic E-state index is 13.5. The van der Waals surface area contributed by atoms with Crippen molar-refractivity contribution in [3.05, 3.63) is 67.8 Å². The number of carbonyl (C=O) groups excluding carboxylic acids is 1. The maximum absolute atomic E-state index is 13.5. The van der Waals surface area contributed by atoms with Gasteiger partial charge < -0.3 is 4.74 Å². The first kappa shape index (κ1) is 25.4. The summed E-state index contributed by atoms with van der Waals surface area (Å²) in [6, 6.07) is 2.71. The Morgan fingerprint density at radius 1 is 0.879 bits per heavy atom. The molecule has 0 bridgehead atoms. The molecule has 1 saturated heterocycles. The van der Waals surface area contributed by atoms with Crippen LogP contribution in [0.3, 0.4) is 0 Å². The van der Waals surface area contributed by atoms with Crippen LogP contribution in [-0.4, -0.2) is 17.0 Å². The SMILES string of the molecule is C[C@H]1[C@@H](c2ccc(C(F)(F)F)cc2C(F)(F)F)OC(=O)N1Cc1cc(C(F)(F)F)ccc1I. The van der Waals surface area contributed by atoms with Gasteiger partial charge in [-0.15, -0.1) is 0 Å². The number of benzene rings is 2. The van der Waals surface area contributed by atoms with Crippen LogP contribution in [-0.2, 0) is 29.8 Å². The molecule has 1 aliphatic rings. The van der Waals surface area contributed by atoms with E-state index in [2.05, 4.69) is 0 Å². The summed E-state index contributed by atoms with van der Waals surface area (Å²) in [6.45, 7) is 0.897. The molecule has 3 nitrogen and oxygen atoms in total. The van der Waals surface area contributed by atoms with Crippen molar-refractivity contribution < 1.29 is 49.0 Å². The van der Waals surface area contributed by atoms with Crippen LogP contribution in [0.4, 0.5) is 44.3 Å². The first-order chi connectivity index (χ1) is 15.0. The van der Waals surface area contributed by atoms with Gasteiger partial charge in [-0.2, -0.15) is 39.5 Å². The molecule has 33 heavy (non-hydrogen) atoms. The van der Waals surface area contributed by atoms with Crippen molar-refractivity contribution in [2.24, 2.45) is 0 Å². The number of cyclic esters (lactones) is 1. The van der Waals surface area contributed by atoms with Gasteiger partial charge in [-0.05, 0) is 65.4 Å². The van der Waals surface area contributed by atoms with Crippen molar-refractivity contribution in [2.75, 3.05) is 0 Å². The molecule has 2 atom stereocenters. The summed E-state index contributed by atoms with van der Waals surface area (Å²) >= 11 is 1.75. The van der Waals surface area contributed by atoms with Crippen LogP contribution in [0.2, 0.25) is 0 Å². The second kappa shape index (κ2) is 8.55. The monoisotopic (exact) mass is 597 g/mol. The minimum atomic E-state index is -5.17. The highest BCUT2D eigenvalue weighted by Crippen LogP contribution is 2.43. The quantitative estimate of drug-likeness (QED) is 0.272. The summed E-state index contributed by atoms with van der Waals surface area (Å²) < 4.78 is 124. The van der Waals surface area contributed by atoms with Gasteiger partial charge in [-0.1, -0.05) is 6.07 Å². The van der Waals surface area contributed by atoms with E-state index in [1.165, 1.54) is 13.0 Å². The molecule has 180 valence electrons. The first-order valence-electron chi connectivity index (χ1n) is 9.11. The zero-order valence-electron chi connectivity index (χ0n) is 16.4. The number of nitrogens with zero attached hydrogens (tertiary/aromatic N) is 1. The highest BCUT2D eigenvalue weighted by atomic mass is 127. The predicted molar refractivity (Wildman–Crippen MR) is 105 cm³/mol. The minimum absolute atomic E-state index is 0.0612. The molecule has 0 saturated carbocycles. The van der Waals surface area contributed by atoms with E-state index in [4.69, 9.17) is 4.74 Å². The standard InChI is InChI=1S/C20H13F9INO2/c1-9-16(13-4-2-12(19(24,25)26)7-14(13)20(27,28)29)33-17(32)31(9)8-10-6-11(18(21,22)23)3-5-15(10)30/h2-7,9,16H,8H2,1H3/t9-,16-/m0/s1. The lowest BCUT2D eigenvalue weighted by Gasteiger charge is -2.24. The molecule has 1 fully saturated rings. The van der Waals surface area contributed by atoms with Crippen molar-refractivity contribution in [3.8, 4) is 0 Å². The number of halogens is 10. The highest BCUT2D eigenvalue weighted by molar-refractivity contribution is 14.1. The predicted octanol–water partition coefficient (Wildman–Crippen LogP) is 7.43. The van der Waals surface area contributed by atoms with Crippen LogP contribution < -0.4 is 0 Å². The lowest BCUT2D eigenvalue weighted by atomic mass is 9.95. The van der Waals surface area contributed by atoms with E-state index in [1.54, 1.807) is 22.6 Å². The van der Waals surface area contributed by atoms with E-state index >= 15 is 0 Å². The number of rotatable bonds is 3. The summed E-state index contributed by atoms with van der Waals surface area (Å²) in [5.74, 6) is 0. The lowest BCUT2D eigenvalue weighted by Crippen LogP contribution is -2.32. The average molecular weight is 597 g/mol. The van der Waals surface area contributed by atoms with Crippen LogP contribution >= 0.6 is 22.6 Å². The van der Waals surface area contributed by atoms with E-state index in [-0.39, 0.29) is 11.6 Å². The van der Waals surface area contributed by atoms with Gasteiger partial charge in [0.05, 0.1) is 29.3 Å². The Morgan fingerprint density at radius 2 is 1.42 bits per heavy atom. The number of hydrogen-bond donors (Lipinski definition) is 0. The highest BCUT2D eigenvalue weighted by Gasteiger charge is 2.46. The van der Waals surface area contributed by atoms with Gasteiger partial charge in [0.25, 0.3) is 0 Å². The van der Waals surface area contributed by atoms with Crippen molar-refractivity contribution in [1.82, 2.24) is 4.90 Å². The fourth-order valence-electron chi connectivity index (χ4n) is 3.42. The summed E-state index contributed by atoms with van der Waals surface area (Å²) in [5, 5.41) is 0. The summed E-state index contributed by atoms with van der Waals surface area (Å²) in [5.41, 5.74) is -4.71. The topological polar surface area (TPSA) is 29.5 Å². The van der Waals surface area contributed by atoms with Gasteiger partial charge in [0.1, 0.15) is 6.10 Å². The summed E-state index contributed by atoms with van der Waals surface area (Å²) in [6.07, 6.45) is -17.5. The molecule has 3 rings (SSSR count). The molecule has 2 aromatic carbocycles. The Bertz CT molecular complexity index is 1060. The largest absolute Gasteiger partial charge is 0.439 e. The molecule has 0 N–H and O–H groups in total. The van der Waals surface area contributed by atoms with Crippen molar-refractivity contribution in [3.63, 3.8) is 0 Å². The molecule has 0 spiro atoms. The van der Waals surface area contributed by atoms with Crippen molar-refractivity contribution >= 4 is 28.7 Å². The molecule has 13 heteroatoms. The van der Waals surface area contributed by atoms with Crippen LogP contribution in [0.1, 0.15) is 40.8 Å². The van der Waals surface area contributed by atoms with E-state index in [0.717, 1.165) is 17.0 Å². The third kappa shape index (κ3) is 5.32. The van der Waals surface area contributed by atoms with Crippen LogP contribution in [0.25, 0.3) is 0 Å². The lowest BCUT2D eigenvalue weighted by molar-refractivity contribution is -0.144. The number of ether oxygens (including phenoxy) is 1. The number of amides is 1. The normalized spacial score (nSPS) is 19.7. The number of alkyl halides is 9. The fraction of sp³-hybridized carbons (Fsp3) is 0.350. The van der Waals surface area contributed by atoms with Gasteiger partial charge in [0.2, 0.25) is 0 Å². The smallest absolute Gasteiger partial charge is 0.416 e. The zero-order valence-corrected chi connectivity index (χ0v) is 18.5. The molecule has 1 aliphatic heterocycles. The van der Waals surface area contributed by atoms with Gasteiger partial charge >= 0.3 is 24.6 Å². The molecule has 0 radical (unpaired) electrons. The van der Waals surface area contributed by atoms with Gasteiger partial charge in [0, 0.05) is 9.13 Å². The Balaban J connectivity index is 1.97. The average Bonchev–Trinajstić information content (AvgIpc) is 2.95. The third-order valence-corrected chi connectivity index (χ3v) is 6.15. The molecule has 0 unspecified atom stereocenters. The molecule has 1 heterocycles. The van der Waals surface area contributed by atoms with Crippen molar-refractivity contribution in [1.29, 1.82) is 0 Å². The Kier molecular flexibility index (Phi) is 6.59. The summed E-state index contributed by atoms with van der Waals surface area (Å²) in [7, 11) is 0. The van der Waals surface area contributed by atoms with Crippen LogP contribution in [0.5, 0.6) is 0 Å². The van der Waals surface area contributed by atoms with E-state index < -0.39 is 65.6 Å². The van der Waals surface area contributed by atoms with E-state index in [9.17, 15) is 44.3 Å². The Morgan fingerprint density at radius 3 is 1.97 bits per heavy atom. The minimum Gasteiger partial charge on any atom is -0.439 e. The molecule has 2 aromatic rings. The zero-order chi connectivity index (χ0) is 24.9. The molecule has 0 aliphatic carbocycles. The second-order valence-corrected chi connectivity index (χ2v) is 8.44. The summed E-state index contributed by atoms with van der Waals surface area (Å²) in [4.78, 5) is 13.3. The number of hydrogen-bond acceptors (Lipinski definition) is 2. The van der Waals surface area contributed by atoms with Gasteiger partial charge in [-0.3, -0.25) is 4.90 Å². The van der Waals surface area contributed by atoms with E-state index in [0.29, 0.717) is 15.7 Å². The molecule has 0 aromatic heterocycles. The molecular formula is C20H13F9INO2. The van der Waals surface area contributed by atoms with Gasteiger partial charge in [0.15, 0.2) is 0 Å². The van der Waals surface area contributed by atoms with Gasteiger partial charge in [-0.25, -0.2) is 4.79 Å². The Hall–Kier alpha value is -2.19. The molecular weight excluding hydrogens is 584 g/mol. The first-order valence-corrected chi connectivity index (χ1v) is 10.2. The maximum Gasteiger partial charge on any atom is 0.416 e. The van der Waals surface area contributed by atoms with Crippen LogP contribution in [0, 0.1) is 3.57 Å². The molecule has 1 amide bonds. The van der Waals surface area contributed by atoms with Crippen molar-refractivity contribution in [2.45, 2.75) is 44.1 Å². The number of carbonyl (C=O) groups is 1. The Labute approximate surface area is 194 Å². The fourth-order valence-corrected chi connectivity index (χ4v) is 3.92.